The van der Waals surface area contributed by atoms with E-state index in [4.69, 9.17) is 4.74 Å². The third-order valence-electron chi connectivity index (χ3n) is 4.12. The third-order valence-corrected chi connectivity index (χ3v) is 4.12. The Morgan fingerprint density at radius 3 is 2.68 bits per heavy atom. The van der Waals surface area contributed by atoms with Crippen LogP contribution in [0.4, 0.5) is 0 Å². The SMILES string of the molecule is C[C@@H](c1nc2ccccc2[nH]1)n1cc(COCc2ccccc2)nn1. The lowest BCUT2D eigenvalue weighted by Crippen LogP contribution is -2.09. The second-order valence-corrected chi connectivity index (χ2v) is 5.98. The van der Waals surface area contributed by atoms with Gasteiger partial charge in [-0.2, -0.15) is 0 Å². The summed E-state index contributed by atoms with van der Waals surface area (Å²) in [5, 5.41) is 8.41. The number of H-pyrrole nitrogens is 1. The fourth-order valence-corrected chi connectivity index (χ4v) is 2.71. The van der Waals surface area contributed by atoms with Gasteiger partial charge in [-0.25, -0.2) is 9.67 Å². The van der Waals surface area contributed by atoms with E-state index < -0.39 is 0 Å². The molecule has 0 unspecified atom stereocenters. The molecule has 4 rings (SSSR count). The molecule has 4 aromatic rings. The summed E-state index contributed by atoms with van der Waals surface area (Å²) in [4.78, 5) is 7.96. The van der Waals surface area contributed by atoms with Crippen LogP contribution in [0.15, 0.2) is 60.8 Å². The molecular weight excluding hydrogens is 314 g/mol. The molecule has 0 spiro atoms. The normalized spacial score (nSPS) is 12.5. The first-order valence-electron chi connectivity index (χ1n) is 8.26. The molecule has 0 aliphatic carbocycles. The summed E-state index contributed by atoms with van der Waals surface area (Å²) in [5.74, 6) is 0.864. The Morgan fingerprint density at radius 1 is 1.04 bits per heavy atom. The molecular formula is C19H19N5O. The molecule has 1 N–H and O–H groups in total. The monoisotopic (exact) mass is 333 g/mol. The minimum Gasteiger partial charge on any atom is -0.370 e. The summed E-state index contributed by atoms with van der Waals surface area (Å²) in [7, 11) is 0. The summed E-state index contributed by atoms with van der Waals surface area (Å²) in [6.07, 6.45) is 1.91. The quantitative estimate of drug-likeness (QED) is 0.586. The van der Waals surface area contributed by atoms with E-state index in [9.17, 15) is 0 Å². The second-order valence-electron chi connectivity index (χ2n) is 5.98. The van der Waals surface area contributed by atoms with Gasteiger partial charge < -0.3 is 9.72 Å². The van der Waals surface area contributed by atoms with Gasteiger partial charge in [-0.3, -0.25) is 0 Å². The van der Waals surface area contributed by atoms with Crippen molar-refractivity contribution in [2.45, 2.75) is 26.2 Å². The number of ether oxygens (including phenoxy) is 1. The number of hydrogen-bond donors (Lipinski definition) is 1. The molecule has 126 valence electrons. The van der Waals surface area contributed by atoms with Crippen molar-refractivity contribution in [3.8, 4) is 0 Å². The Hall–Kier alpha value is -2.99. The first kappa shape index (κ1) is 15.5. The minimum absolute atomic E-state index is 0.0252. The van der Waals surface area contributed by atoms with Gasteiger partial charge in [0.2, 0.25) is 0 Å². The lowest BCUT2D eigenvalue weighted by atomic mass is 10.2. The molecule has 2 aromatic carbocycles. The fraction of sp³-hybridized carbons (Fsp3) is 0.211. The number of imidazole rings is 1. The van der Waals surface area contributed by atoms with Crippen LogP contribution in [0.25, 0.3) is 11.0 Å². The Kier molecular flexibility index (Phi) is 4.26. The van der Waals surface area contributed by atoms with Crippen LogP contribution in [0, 0.1) is 0 Å². The Balaban J connectivity index is 1.41. The number of nitrogens with zero attached hydrogens (tertiary/aromatic N) is 4. The van der Waals surface area contributed by atoms with E-state index in [1.807, 2.05) is 67.7 Å². The lowest BCUT2D eigenvalue weighted by molar-refractivity contribution is 0.104. The zero-order valence-corrected chi connectivity index (χ0v) is 14.0. The molecule has 25 heavy (non-hydrogen) atoms. The molecule has 0 aliphatic rings. The predicted molar refractivity (Wildman–Crippen MR) is 94.9 cm³/mol. The highest BCUT2D eigenvalue weighted by molar-refractivity contribution is 5.74. The maximum absolute atomic E-state index is 5.71. The number of aromatic amines is 1. The van der Waals surface area contributed by atoms with Crippen LogP contribution in [0.3, 0.4) is 0 Å². The van der Waals surface area contributed by atoms with E-state index in [1.165, 1.54) is 0 Å². The molecule has 2 heterocycles. The van der Waals surface area contributed by atoms with Crippen molar-refractivity contribution >= 4 is 11.0 Å². The summed E-state index contributed by atoms with van der Waals surface area (Å²) in [5.41, 5.74) is 3.93. The minimum atomic E-state index is -0.0252. The van der Waals surface area contributed by atoms with E-state index in [1.54, 1.807) is 4.68 Å². The zero-order valence-electron chi connectivity index (χ0n) is 14.0. The van der Waals surface area contributed by atoms with Crippen molar-refractivity contribution in [2.75, 3.05) is 0 Å². The maximum atomic E-state index is 5.71. The van der Waals surface area contributed by atoms with Crippen LogP contribution < -0.4 is 0 Å². The standard InChI is InChI=1S/C19H19N5O/c1-14(19-20-17-9-5-6-10-18(17)21-19)24-11-16(22-23-24)13-25-12-15-7-3-2-4-8-15/h2-11,14H,12-13H2,1H3,(H,20,21)/t14-/m0/s1. The Morgan fingerprint density at radius 2 is 1.84 bits per heavy atom. The van der Waals surface area contributed by atoms with Crippen molar-refractivity contribution in [1.82, 2.24) is 25.0 Å². The first-order valence-corrected chi connectivity index (χ1v) is 8.26. The maximum Gasteiger partial charge on any atom is 0.131 e. The largest absolute Gasteiger partial charge is 0.370 e. The molecule has 0 radical (unpaired) electrons. The smallest absolute Gasteiger partial charge is 0.131 e. The van der Waals surface area contributed by atoms with Gasteiger partial charge >= 0.3 is 0 Å². The highest BCUT2D eigenvalue weighted by Crippen LogP contribution is 2.18. The summed E-state index contributed by atoms with van der Waals surface area (Å²) in [6, 6.07) is 18.0. The first-order chi connectivity index (χ1) is 12.3. The molecule has 1 atom stereocenters. The Bertz CT molecular complexity index is 927. The van der Waals surface area contributed by atoms with Crippen molar-refractivity contribution in [3.63, 3.8) is 0 Å². The van der Waals surface area contributed by atoms with Crippen LogP contribution in [0.1, 0.15) is 30.0 Å². The van der Waals surface area contributed by atoms with Gasteiger partial charge in [0.25, 0.3) is 0 Å². The topological polar surface area (TPSA) is 68.6 Å². The average Bonchev–Trinajstić information content (AvgIpc) is 3.29. The molecule has 0 fully saturated rings. The number of para-hydroxylation sites is 2. The summed E-state index contributed by atoms with van der Waals surface area (Å²) < 4.78 is 7.52. The van der Waals surface area contributed by atoms with Gasteiger partial charge in [0.05, 0.1) is 30.4 Å². The van der Waals surface area contributed by atoms with Crippen LogP contribution in [-0.4, -0.2) is 25.0 Å². The fourth-order valence-electron chi connectivity index (χ4n) is 2.71. The van der Waals surface area contributed by atoms with E-state index >= 15 is 0 Å². The number of hydrogen-bond acceptors (Lipinski definition) is 4. The highest BCUT2D eigenvalue weighted by Gasteiger charge is 2.14. The number of benzene rings is 2. The van der Waals surface area contributed by atoms with Gasteiger partial charge in [-0.15, -0.1) is 5.10 Å². The zero-order chi connectivity index (χ0) is 17.1. The number of rotatable bonds is 6. The van der Waals surface area contributed by atoms with Gasteiger partial charge in [-0.1, -0.05) is 47.7 Å². The molecule has 0 amide bonds. The molecule has 6 heteroatoms. The number of fused-ring (bicyclic) bond motifs is 1. The molecule has 6 nitrogen and oxygen atoms in total. The van der Waals surface area contributed by atoms with Gasteiger partial charge in [-0.05, 0) is 24.6 Å². The molecule has 0 bridgehead atoms. The van der Waals surface area contributed by atoms with Gasteiger partial charge in [0.15, 0.2) is 0 Å². The van der Waals surface area contributed by atoms with E-state index in [0.29, 0.717) is 13.2 Å². The molecule has 0 saturated heterocycles. The second kappa shape index (κ2) is 6.86. The van der Waals surface area contributed by atoms with Crippen LogP contribution in [0.5, 0.6) is 0 Å². The van der Waals surface area contributed by atoms with E-state index in [0.717, 1.165) is 28.1 Å². The van der Waals surface area contributed by atoms with Gasteiger partial charge in [0.1, 0.15) is 17.6 Å². The van der Waals surface area contributed by atoms with Crippen molar-refractivity contribution in [2.24, 2.45) is 0 Å². The predicted octanol–water partition coefficient (Wildman–Crippen LogP) is 3.48. The van der Waals surface area contributed by atoms with Crippen LogP contribution in [0.2, 0.25) is 0 Å². The highest BCUT2D eigenvalue weighted by atomic mass is 16.5. The number of nitrogens with one attached hydrogen (secondary N) is 1. The Labute approximate surface area is 145 Å². The molecule has 0 saturated carbocycles. The van der Waals surface area contributed by atoms with Crippen LogP contribution in [-0.2, 0) is 18.0 Å². The molecule has 0 aliphatic heterocycles. The third kappa shape index (κ3) is 3.44. The lowest BCUT2D eigenvalue weighted by Gasteiger charge is -2.07. The molecule has 2 aromatic heterocycles. The van der Waals surface area contributed by atoms with Crippen molar-refractivity contribution in [1.29, 1.82) is 0 Å². The van der Waals surface area contributed by atoms with E-state index in [2.05, 4.69) is 20.3 Å². The number of aromatic nitrogens is 5. The van der Waals surface area contributed by atoms with Crippen molar-refractivity contribution < 1.29 is 4.74 Å². The van der Waals surface area contributed by atoms with Crippen molar-refractivity contribution in [3.05, 3.63) is 77.9 Å². The summed E-state index contributed by atoms with van der Waals surface area (Å²) >= 11 is 0. The summed E-state index contributed by atoms with van der Waals surface area (Å²) in [6.45, 7) is 3.04. The van der Waals surface area contributed by atoms with Crippen LogP contribution >= 0.6 is 0 Å². The van der Waals surface area contributed by atoms with E-state index in [-0.39, 0.29) is 6.04 Å². The van der Waals surface area contributed by atoms with Gasteiger partial charge in [0, 0.05) is 0 Å². The average molecular weight is 333 g/mol.